The summed E-state index contributed by atoms with van der Waals surface area (Å²) in [4.78, 5) is 14.0. The number of pyridine rings is 1. The van der Waals surface area contributed by atoms with Crippen molar-refractivity contribution < 1.29 is 18.7 Å². The van der Waals surface area contributed by atoms with Crippen molar-refractivity contribution in [2.24, 2.45) is 0 Å². The lowest BCUT2D eigenvalue weighted by Crippen LogP contribution is -2.04. The van der Waals surface area contributed by atoms with E-state index in [0.29, 0.717) is 0 Å². The van der Waals surface area contributed by atoms with Crippen LogP contribution in [0.3, 0.4) is 0 Å². The highest BCUT2D eigenvalue weighted by Crippen LogP contribution is 2.30. The number of aromatic nitrogens is 1. The molecule has 0 aromatic carbocycles. The summed E-state index contributed by atoms with van der Waals surface area (Å²) in [7, 11) is 0. The molecule has 1 aromatic rings. The van der Waals surface area contributed by atoms with E-state index < -0.39 is 18.1 Å². The maximum Gasteiger partial charge on any atom is 0.338 e. The first kappa shape index (κ1) is 11.8. The Labute approximate surface area is 99.8 Å². The number of alkyl halides is 2. The first-order valence-corrected chi connectivity index (χ1v) is 5.17. The molecule has 1 N–H and O–H groups in total. The SMILES string of the molecule is O=C(O)c1cnc(C(F)F)c(Br)c1I. The van der Waals surface area contributed by atoms with Gasteiger partial charge in [-0.15, -0.1) is 0 Å². The van der Waals surface area contributed by atoms with E-state index in [1.165, 1.54) is 0 Å². The summed E-state index contributed by atoms with van der Waals surface area (Å²) in [6.07, 6.45) is -1.79. The normalized spacial score (nSPS) is 10.6. The van der Waals surface area contributed by atoms with Gasteiger partial charge >= 0.3 is 5.97 Å². The van der Waals surface area contributed by atoms with Crippen LogP contribution in [0.2, 0.25) is 0 Å². The topological polar surface area (TPSA) is 50.2 Å². The van der Waals surface area contributed by atoms with Gasteiger partial charge in [-0.2, -0.15) is 0 Å². The predicted octanol–water partition coefficient (Wildman–Crippen LogP) is 3.08. The average molecular weight is 378 g/mol. The number of carboxylic acid groups (broad SMARTS) is 1. The van der Waals surface area contributed by atoms with Gasteiger partial charge in [-0.3, -0.25) is 4.98 Å². The van der Waals surface area contributed by atoms with Gasteiger partial charge in [0.15, 0.2) is 0 Å². The van der Waals surface area contributed by atoms with Gasteiger partial charge in [0.1, 0.15) is 5.69 Å². The molecule has 0 spiro atoms. The Balaban J connectivity index is 3.33. The van der Waals surface area contributed by atoms with Crippen molar-refractivity contribution in [1.29, 1.82) is 0 Å². The molecule has 7 heteroatoms. The van der Waals surface area contributed by atoms with E-state index in [9.17, 15) is 13.6 Å². The van der Waals surface area contributed by atoms with Crippen molar-refractivity contribution in [1.82, 2.24) is 4.98 Å². The molecule has 0 bridgehead atoms. The van der Waals surface area contributed by atoms with Crippen molar-refractivity contribution in [2.45, 2.75) is 6.43 Å². The molecule has 3 nitrogen and oxygen atoms in total. The van der Waals surface area contributed by atoms with Crippen LogP contribution in [0.5, 0.6) is 0 Å². The minimum atomic E-state index is -2.72. The van der Waals surface area contributed by atoms with Gasteiger partial charge in [0.05, 0.1) is 10.0 Å². The van der Waals surface area contributed by atoms with Crippen molar-refractivity contribution >= 4 is 44.5 Å². The molecule has 0 aliphatic carbocycles. The predicted molar refractivity (Wildman–Crippen MR) is 56.6 cm³/mol. The second kappa shape index (κ2) is 4.47. The first-order chi connectivity index (χ1) is 6.45. The van der Waals surface area contributed by atoms with Gasteiger partial charge in [0, 0.05) is 9.77 Å². The van der Waals surface area contributed by atoms with Crippen molar-refractivity contribution in [3.8, 4) is 0 Å². The molecule has 0 radical (unpaired) electrons. The van der Waals surface area contributed by atoms with Gasteiger partial charge in [-0.1, -0.05) is 0 Å². The maximum atomic E-state index is 12.3. The van der Waals surface area contributed by atoms with E-state index >= 15 is 0 Å². The molecular formula is C7H3BrF2INO2. The monoisotopic (exact) mass is 377 g/mol. The molecule has 0 aliphatic heterocycles. The Kier molecular flexibility index (Phi) is 3.76. The number of nitrogens with zero attached hydrogens (tertiary/aromatic N) is 1. The molecule has 0 saturated carbocycles. The molecule has 0 amide bonds. The van der Waals surface area contributed by atoms with E-state index in [1.54, 1.807) is 22.6 Å². The molecule has 1 aromatic heterocycles. The van der Waals surface area contributed by atoms with Crippen LogP contribution in [-0.4, -0.2) is 16.1 Å². The fourth-order valence-electron chi connectivity index (χ4n) is 0.779. The van der Waals surface area contributed by atoms with E-state index in [0.717, 1.165) is 6.20 Å². The lowest BCUT2D eigenvalue weighted by Gasteiger charge is -2.06. The van der Waals surface area contributed by atoms with Gasteiger partial charge in [0.25, 0.3) is 6.43 Å². The number of carbonyl (C=O) groups is 1. The summed E-state index contributed by atoms with van der Waals surface area (Å²) in [5.74, 6) is -1.19. The summed E-state index contributed by atoms with van der Waals surface area (Å²) in [5.41, 5.74) is -0.540. The molecule has 0 saturated heterocycles. The minimum absolute atomic E-state index is 0.0352. The largest absolute Gasteiger partial charge is 0.478 e. The van der Waals surface area contributed by atoms with Crippen LogP contribution in [-0.2, 0) is 0 Å². The molecule has 0 fully saturated rings. The number of halogens is 4. The Morgan fingerprint density at radius 2 is 2.21 bits per heavy atom. The second-order valence-corrected chi connectivity index (χ2v) is 4.16. The van der Waals surface area contributed by atoms with E-state index in [4.69, 9.17) is 5.11 Å². The average Bonchev–Trinajstić information content (AvgIpc) is 2.08. The van der Waals surface area contributed by atoms with Crippen LogP contribution in [0.4, 0.5) is 8.78 Å². The van der Waals surface area contributed by atoms with Crippen molar-refractivity contribution in [3.63, 3.8) is 0 Å². The third-order valence-electron chi connectivity index (χ3n) is 1.42. The number of rotatable bonds is 2. The number of hydrogen-bond acceptors (Lipinski definition) is 2. The van der Waals surface area contributed by atoms with Crippen molar-refractivity contribution in [2.75, 3.05) is 0 Å². The quantitative estimate of drug-likeness (QED) is 0.806. The van der Waals surface area contributed by atoms with Crippen LogP contribution in [0, 0.1) is 3.57 Å². The molecular weight excluding hydrogens is 375 g/mol. The smallest absolute Gasteiger partial charge is 0.338 e. The minimum Gasteiger partial charge on any atom is -0.478 e. The highest BCUT2D eigenvalue weighted by molar-refractivity contribution is 14.1. The zero-order valence-corrected chi connectivity index (χ0v) is 10.2. The molecule has 76 valence electrons. The van der Waals surface area contributed by atoms with Gasteiger partial charge in [-0.05, 0) is 38.5 Å². The summed E-state index contributed by atoms with van der Waals surface area (Å²) in [5, 5.41) is 8.67. The first-order valence-electron chi connectivity index (χ1n) is 3.30. The van der Waals surface area contributed by atoms with E-state index in [-0.39, 0.29) is 13.6 Å². The summed E-state index contributed by atoms with van der Waals surface area (Å²) >= 11 is 4.56. The molecule has 0 aliphatic rings. The lowest BCUT2D eigenvalue weighted by molar-refractivity contribution is 0.0694. The van der Waals surface area contributed by atoms with E-state index in [1.807, 2.05) is 0 Å². The number of aromatic carboxylic acids is 1. The van der Waals surface area contributed by atoms with Crippen molar-refractivity contribution in [3.05, 3.63) is 25.5 Å². The molecule has 1 rings (SSSR count). The highest BCUT2D eigenvalue weighted by atomic mass is 127. The Bertz CT molecular complexity index is 386. The summed E-state index contributed by atoms with van der Waals surface area (Å²) < 4.78 is 24.9. The third kappa shape index (κ3) is 2.19. The van der Waals surface area contributed by atoms with Crippen LogP contribution >= 0.6 is 38.5 Å². The van der Waals surface area contributed by atoms with Gasteiger partial charge < -0.3 is 5.11 Å². The summed E-state index contributed by atoms with van der Waals surface area (Å²) in [6.45, 7) is 0. The van der Waals surface area contributed by atoms with Crippen LogP contribution in [0.15, 0.2) is 10.7 Å². The molecule has 1 heterocycles. The fraction of sp³-hybridized carbons (Fsp3) is 0.143. The summed E-state index contributed by atoms with van der Waals surface area (Å²) in [6, 6.07) is 0. The van der Waals surface area contributed by atoms with E-state index in [2.05, 4.69) is 20.9 Å². The Morgan fingerprint density at radius 1 is 1.64 bits per heavy atom. The molecule has 0 unspecified atom stereocenters. The molecule has 0 atom stereocenters. The number of hydrogen-bond donors (Lipinski definition) is 1. The van der Waals surface area contributed by atoms with Gasteiger partial charge in [0.2, 0.25) is 0 Å². The lowest BCUT2D eigenvalue weighted by atomic mass is 10.2. The highest BCUT2D eigenvalue weighted by Gasteiger charge is 2.20. The van der Waals surface area contributed by atoms with Crippen LogP contribution in [0.1, 0.15) is 22.5 Å². The zero-order valence-electron chi connectivity index (χ0n) is 6.47. The zero-order chi connectivity index (χ0) is 10.9. The van der Waals surface area contributed by atoms with Crippen LogP contribution in [0.25, 0.3) is 0 Å². The fourth-order valence-corrected chi connectivity index (χ4v) is 1.91. The van der Waals surface area contributed by atoms with Crippen LogP contribution < -0.4 is 0 Å². The maximum absolute atomic E-state index is 12.3. The van der Waals surface area contributed by atoms with Gasteiger partial charge in [-0.25, -0.2) is 13.6 Å². The molecule has 14 heavy (non-hydrogen) atoms. The third-order valence-corrected chi connectivity index (χ3v) is 4.09. The Hall–Kier alpha value is -0.310. The number of carboxylic acids is 1. The second-order valence-electron chi connectivity index (χ2n) is 2.29. The standard InChI is InChI=1S/C7H3BrF2INO2/c8-3-4(11)2(7(13)14)1-12-5(3)6(9)10/h1,6H,(H,13,14). The Morgan fingerprint density at radius 3 is 2.64 bits per heavy atom.